The van der Waals surface area contributed by atoms with Crippen LogP contribution >= 0.6 is 0 Å². The van der Waals surface area contributed by atoms with Gasteiger partial charge in [0.25, 0.3) is 0 Å². The van der Waals surface area contributed by atoms with E-state index in [-0.39, 0.29) is 12.6 Å². The standard InChI is InChI=1S/C40H34BNSi/c1-43(2,3)32-24-22-28(23-25-32)30-26-34-39(29-14-6-4-7-15-29)33-18-10-11-19-35(33)41-36-20-12-13-21-37(36)42(38(27-30)40(34)41)31-16-8-5-9-17-31/h4-27,39H,1-3H3. The summed E-state index contributed by atoms with van der Waals surface area (Å²) in [4.78, 5) is 2.50. The van der Waals surface area contributed by atoms with Crippen molar-refractivity contribution < 1.29 is 0 Å². The van der Waals surface area contributed by atoms with E-state index in [4.69, 9.17) is 0 Å². The van der Waals surface area contributed by atoms with E-state index in [1.54, 1.807) is 0 Å². The van der Waals surface area contributed by atoms with E-state index in [2.05, 4.69) is 170 Å². The number of hydrogen-bond donors (Lipinski definition) is 0. The molecule has 6 aromatic carbocycles. The molecule has 43 heavy (non-hydrogen) atoms. The molecule has 6 aromatic rings. The molecule has 0 saturated carbocycles. The second-order valence-electron chi connectivity index (χ2n) is 13.0. The van der Waals surface area contributed by atoms with Gasteiger partial charge in [0, 0.05) is 23.0 Å². The Morgan fingerprint density at radius 1 is 0.535 bits per heavy atom. The van der Waals surface area contributed by atoms with Gasteiger partial charge in [-0.25, -0.2) is 0 Å². The summed E-state index contributed by atoms with van der Waals surface area (Å²) in [6.07, 6.45) is 0. The Bertz CT molecular complexity index is 1850. The second-order valence-corrected chi connectivity index (χ2v) is 18.0. The summed E-state index contributed by atoms with van der Waals surface area (Å²) >= 11 is 0. The van der Waals surface area contributed by atoms with Crippen molar-refractivity contribution in [1.29, 1.82) is 0 Å². The molecule has 8 rings (SSSR count). The molecule has 206 valence electrons. The lowest BCUT2D eigenvalue weighted by molar-refractivity contribution is 0.985. The van der Waals surface area contributed by atoms with E-state index in [9.17, 15) is 0 Å². The molecule has 0 amide bonds. The zero-order valence-corrected chi connectivity index (χ0v) is 26.0. The van der Waals surface area contributed by atoms with Gasteiger partial charge in [-0.15, -0.1) is 0 Å². The largest absolute Gasteiger partial charge is 0.311 e. The maximum atomic E-state index is 2.50. The van der Waals surface area contributed by atoms with Crippen molar-refractivity contribution in [2.45, 2.75) is 25.6 Å². The minimum Gasteiger partial charge on any atom is -0.311 e. The lowest BCUT2D eigenvalue weighted by atomic mass is 9.31. The minimum atomic E-state index is -1.40. The molecule has 0 N–H and O–H groups in total. The number of rotatable bonds is 4. The summed E-state index contributed by atoms with van der Waals surface area (Å²) < 4.78 is 0. The van der Waals surface area contributed by atoms with Crippen molar-refractivity contribution in [2.75, 3.05) is 4.90 Å². The van der Waals surface area contributed by atoms with Crippen LogP contribution in [-0.2, 0) is 0 Å². The van der Waals surface area contributed by atoms with Gasteiger partial charge in [0.05, 0.1) is 8.07 Å². The molecule has 0 aromatic heterocycles. The van der Waals surface area contributed by atoms with Gasteiger partial charge < -0.3 is 4.90 Å². The van der Waals surface area contributed by atoms with E-state index in [0.717, 1.165) is 0 Å². The van der Waals surface area contributed by atoms with Crippen molar-refractivity contribution in [3.8, 4) is 11.1 Å². The van der Waals surface area contributed by atoms with Gasteiger partial charge in [0.2, 0.25) is 6.71 Å². The highest BCUT2D eigenvalue weighted by Crippen LogP contribution is 2.44. The van der Waals surface area contributed by atoms with E-state index in [1.165, 1.54) is 66.5 Å². The summed E-state index contributed by atoms with van der Waals surface area (Å²) in [6.45, 7) is 7.44. The number of nitrogens with zero attached hydrogens (tertiary/aromatic N) is 1. The normalized spacial score (nSPS) is 15.0. The van der Waals surface area contributed by atoms with Gasteiger partial charge in [-0.05, 0) is 63.0 Å². The number of hydrogen-bond acceptors (Lipinski definition) is 1. The Labute approximate surface area is 256 Å². The molecule has 0 bridgehead atoms. The highest BCUT2D eigenvalue weighted by Gasteiger charge is 2.43. The summed E-state index contributed by atoms with van der Waals surface area (Å²) in [5, 5.41) is 1.49. The van der Waals surface area contributed by atoms with E-state index < -0.39 is 8.07 Å². The maximum absolute atomic E-state index is 2.50. The molecule has 2 aliphatic heterocycles. The van der Waals surface area contributed by atoms with Crippen LogP contribution < -0.4 is 26.5 Å². The van der Waals surface area contributed by atoms with Gasteiger partial charge in [-0.2, -0.15) is 0 Å². The fourth-order valence-corrected chi connectivity index (χ4v) is 8.50. The zero-order valence-electron chi connectivity index (χ0n) is 25.0. The highest BCUT2D eigenvalue weighted by molar-refractivity contribution is 6.99. The summed E-state index contributed by atoms with van der Waals surface area (Å²) in [5.41, 5.74) is 14.7. The first-order valence-electron chi connectivity index (χ1n) is 15.4. The van der Waals surface area contributed by atoms with Crippen LogP contribution in [0.3, 0.4) is 0 Å². The zero-order chi connectivity index (χ0) is 29.1. The Balaban J connectivity index is 1.46. The average Bonchev–Trinajstić information content (AvgIpc) is 3.05. The van der Waals surface area contributed by atoms with Crippen LogP contribution in [0.1, 0.15) is 22.6 Å². The molecule has 0 fully saturated rings. The van der Waals surface area contributed by atoms with Crippen LogP contribution in [-0.4, -0.2) is 14.8 Å². The number of para-hydroxylation sites is 2. The molecule has 3 heteroatoms. The molecule has 1 atom stereocenters. The van der Waals surface area contributed by atoms with Crippen LogP contribution in [0, 0.1) is 0 Å². The van der Waals surface area contributed by atoms with E-state index in [1.807, 2.05) is 0 Å². The van der Waals surface area contributed by atoms with Crippen LogP contribution in [0.15, 0.2) is 146 Å². The average molecular weight is 568 g/mol. The van der Waals surface area contributed by atoms with Crippen LogP contribution in [0.2, 0.25) is 19.6 Å². The lowest BCUT2D eigenvalue weighted by Crippen LogP contribution is -2.61. The predicted molar refractivity (Wildman–Crippen MR) is 188 cm³/mol. The first kappa shape index (κ1) is 26.1. The van der Waals surface area contributed by atoms with Gasteiger partial charge in [-0.1, -0.05) is 152 Å². The first-order chi connectivity index (χ1) is 21.0. The number of anilines is 3. The maximum Gasteiger partial charge on any atom is 0.247 e. The molecule has 0 aliphatic carbocycles. The Kier molecular flexibility index (Phi) is 6.06. The summed E-state index contributed by atoms with van der Waals surface area (Å²) in [5.74, 6) is 0.159. The Hall–Kier alpha value is -4.60. The first-order valence-corrected chi connectivity index (χ1v) is 18.9. The molecule has 0 radical (unpaired) electrons. The molecular formula is C40H34BNSi. The van der Waals surface area contributed by atoms with Crippen molar-refractivity contribution in [3.63, 3.8) is 0 Å². The van der Waals surface area contributed by atoms with E-state index >= 15 is 0 Å². The van der Waals surface area contributed by atoms with Gasteiger partial charge in [-0.3, -0.25) is 0 Å². The Morgan fingerprint density at radius 2 is 1.16 bits per heavy atom. The second kappa shape index (κ2) is 10.00. The van der Waals surface area contributed by atoms with Gasteiger partial charge in [0.15, 0.2) is 0 Å². The van der Waals surface area contributed by atoms with Crippen LogP contribution in [0.5, 0.6) is 0 Å². The predicted octanol–water partition coefficient (Wildman–Crippen LogP) is 7.69. The number of fused-ring (bicyclic) bond motifs is 4. The van der Waals surface area contributed by atoms with Gasteiger partial charge in [0.1, 0.15) is 0 Å². The smallest absolute Gasteiger partial charge is 0.247 e. The molecule has 2 heterocycles. The fourth-order valence-electron chi connectivity index (χ4n) is 7.34. The van der Waals surface area contributed by atoms with Crippen molar-refractivity contribution in [1.82, 2.24) is 0 Å². The summed E-state index contributed by atoms with van der Waals surface area (Å²) in [7, 11) is -1.40. The molecule has 2 aliphatic rings. The van der Waals surface area contributed by atoms with E-state index in [0.29, 0.717) is 0 Å². The molecular weight excluding hydrogens is 533 g/mol. The SMILES string of the molecule is C[Si](C)(C)c1ccc(-c2cc3c4c(c2)N(c2ccccc2)c2ccccc2B4c2ccccc2C3c2ccccc2)cc1. The van der Waals surface area contributed by atoms with Gasteiger partial charge >= 0.3 is 0 Å². The van der Waals surface area contributed by atoms with Crippen molar-refractivity contribution in [3.05, 3.63) is 162 Å². The third-order valence-electron chi connectivity index (χ3n) is 9.37. The third-order valence-corrected chi connectivity index (χ3v) is 11.4. The topological polar surface area (TPSA) is 3.24 Å². The molecule has 0 spiro atoms. The monoisotopic (exact) mass is 567 g/mol. The highest BCUT2D eigenvalue weighted by atomic mass is 28.3. The van der Waals surface area contributed by atoms with Crippen LogP contribution in [0.25, 0.3) is 11.1 Å². The minimum absolute atomic E-state index is 0.159. The fraction of sp³-hybridized carbons (Fsp3) is 0.100. The van der Waals surface area contributed by atoms with Crippen molar-refractivity contribution >= 4 is 53.4 Å². The van der Waals surface area contributed by atoms with Crippen LogP contribution in [0.4, 0.5) is 17.1 Å². The Morgan fingerprint density at radius 3 is 1.88 bits per heavy atom. The summed E-state index contributed by atoms with van der Waals surface area (Å²) in [6, 6.07) is 54.5. The number of benzene rings is 6. The third kappa shape index (κ3) is 4.22. The molecule has 1 nitrogen and oxygen atoms in total. The quantitative estimate of drug-likeness (QED) is 0.197. The molecule has 1 unspecified atom stereocenters. The molecule has 0 saturated heterocycles. The van der Waals surface area contributed by atoms with Crippen molar-refractivity contribution in [2.24, 2.45) is 0 Å². The lowest BCUT2D eigenvalue weighted by Gasteiger charge is -2.43.